The average molecular weight is 266 g/mol. The van der Waals surface area contributed by atoms with Gasteiger partial charge in [0.2, 0.25) is 0 Å². The third-order valence-electron chi connectivity index (χ3n) is 3.29. The van der Waals surface area contributed by atoms with E-state index in [4.69, 9.17) is 0 Å². The van der Waals surface area contributed by atoms with Gasteiger partial charge in [0.15, 0.2) is 0 Å². The minimum Gasteiger partial charge on any atom is -0.299 e. The van der Waals surface area contributed by atoms with Crippen LogP contribution in [0.2, 0.25) is 0 Å². The van der Waals surface area contributed by atoms with Gasteiger partial charge in [-0.2, -0.15) is 11.3 Å². The van der Waals surface area contributed by atoms with E-state index in [9.17, 15) is 4.79 Å². The number of hydrogen-bond donors (Lipinski definition) is 0. The van der Waals surface area contributed by atoms with E-state index in [1.165, 1.54) is 50.5 Å². The number of Topliss-reactive ketones (excluding diaryl/α,β-unsaturated/α-hetero) is 1. The van der Waals surface area contributed by atoms with E-state index < -0.39 is 0 Å². The Bertz CT molecular complexity index is 303. The zero-order valence-corrected chi connectivity index (χ0v) is 12.4. The molecule has 0 spiro atoms. The van der Waals surface area contributed by atoms with Crippen LogP contribution in [0.25, 0.3) is 0 Å². The first-order chi connectivity index (χ1) is 8.83. The Hall–Kier alpha value is -0.630. The fourth-order valence-electron chi connectivity index (χ4n) is 2.17. The highest BCUT2D eigenvalue weighted by Crippen LogP contribution is 2.12. The smallest absolute Gasteiger partial charge is 0.137 e. The van der Waals surface area contributed by atoms with Crippen LogP contribution in [0.1, 0.15) is 70.3 Å². The second kappa shape index (κ2) is 10.3. The van der Waals surface area contributed by atoms with E-state index in [1.54, 1.807) is 11.3 Å². The Balaban J connectivity index is 1.90. The molecule has 0 aromatic carbocycles. The number of carbonyl (C=O) groups is 1. The van der Waals surface area contributed by atoms with Crippen LogP contribution >= 0.6 is 11.3 Å². The van der Waals surface area contributed by atoms with Crippen LogP contribution in [-0.2, 0) is 11.2 Å². The minimum atomic E-state index is 0.402. The zero-order chi connectivity index (χ0) is 13.1. The van der Waals surface area contributed by atoms with Crippen molar-refractivity contribution in [3.8, 4) is 0 Å². The van der Waals surface area contributed by atoms with Gasteiger partial charge in [-0.1, -0.05) is 51.9 Å². The Morgan fingerprint density at radius 2 is 1.72 bits per heavy atom. The van der Waals surface area contributed by atoms with E-state index >= 15 is 0 Å². The third-order valence-corrected chi connectivity index (χ3v) is 4.02. The molecule has 0 atom stereocenters. The van der Waals surface area contributed by atoms with Crippen molar-refractivity contribution in [3.05, 3.63) is 22.4 Å². The van der Waals surface area contributed by atoms with E-state index in [0.717, 1.165) is 12.8 Å². The summed E-state index contributed by atoms with van der Waals surface area (Å²) in [6, 6.07) is 2.05. The highest BCUT2D eigenvalue weighted by molar-refractivity contribution is 7.07. The monoisotopic (exact) mass is 266 g/mol. The molecule has 0 aliphatic carbocycles. The first-order valence-corrected chi connectivity index (χ1v) is 8.30. The van der Waals surface area contributed by atoms with E-state index in [-0.39, 0.29) is 0 Å². The second-order valence-corrected chi connectivity index (χ2v) is 5.85. The van der Waals surface area contributed by atoms with Crippen molar-refractivity contribution in [1.29, 1.82) is 0 Å². The van der Waals surface area contributed by atoms with Gasteiger partial charge in [-0.15, -0.1) is 0 Å². The second-order valence-electron chi connectivity index (χ2n) is 5.07. The van der Waals surface area contributed by atoms with Gasteiger partial charge in [0.25, 0.3) is 0 Å². The lowest BCUT2D eigenvalue weighted by molar-refractivity contribution is -0.118. The lowest BCUT2D eigenvalue weighted by Gasteiger charge is -2.01. The quantitative estimate of drug-likeness (QED) is 0.491. The Morgan fingerprint density at radius 1 is 1.06 bits per heavy atom. The molecule has 0 aliphatic rings. The molecule has 1 heterocycles. The molecule has 0 N–H and O–H groups in total. The van der Waals surface area contributed by atoms with Crippen molar-refractivity contribution in [2.45, 2.75) is 71.1 Å². The van der Waals surface area contributed by atoms with Gasteiger partial charge in [-0.05, 0) is 28.8 Å². The van der Waals surface area contributed by atoms with Crippen molar-refractivity contribution in [2.24, 2.45) is 0 Å². The van der Waals surface area contributed by atoms with Gasteiger partial charge >= 0.3 is 0 Å². The fourth-order valence-corrected chi connectivity index (χ4v) is 2.83. The van der Waals surface area contributed by atoms with E-state index in [0.29, 0.717) is 12.2 Å². The van der Waals surface area contributed by atoms with Crippen LogP contribution in [0.15, 0.2) is 16.8 Å². The summed E-state index contributed by atoms with van der Waals surface area (Å²) in [4.78, 5) is 11.7. The van der Waals surface area contributed by atoms with Crippen LogP contribution in [0.4, 0.5) is 0 Å². The molecule has 1 rings (SSSR count). The van der Waals surface area contributed by atoms with E-state index in [2.05, 4.69) is 18.4 Å². The Labute approximate surface area is 116 Å². The van der Waals surface area contributed by atoms with Crippen LogP contribution in [-0.4, -0.2) is 5.78 Å². The van der Waals surface area contributed by atoms with Crippen molar-refractivity contribution in [2.75, 3.05) is 0 Å². The van der Waals surface area contributed by atoms with Crippen LogP contribution in [0.3, 0.4) is 0 Å². The summed E-state index contributed by atoms with van der Waals surface area (Å²) in [7, 11) is 0. The summed E-state index contributed by atoms with van der Waals surface area (Å²) in [6.07, 6.45) is 11.8. The summed E-state index contributed by atoms with van der Waals surface area (Å²) in [6.45, 7) is 2.25. The third kappa shape index (κ3) is 7.65. The van der Waals surface area contributed by atoms with Crippen LogP contribution < -0.4 is 0 Å². The molecule has 1 aromatic rings. The molecule has 0 saturated carbocycles. The van der Waals surface area contributed by atoms with Gasteiger partial charge < -0.3 is 0 Å². The van der Waals surface area contributed by atoms with Crippen LogP contribution in [0.5, 0.6) is 0 Å². The lowest BCUT2D eigenvalue weighted by Crippen LogP contribution is -2.01. The molecule has 2 heteroatoms. The maximum atomic E-state index is 11.7. The normalized spacial score (nSPS) is 10.7. The van der Waals surface area contributed by atoms with Crippen molar-refractivity contribution in [1.82, 2.24) is 0 Å². The van der Waals surface area contributed by atoms with Gasteiger partial charge in [0.1, 0.15) is 5.78 Å². The molecule has 0 unspecified atom stereocenters. The Morgan fingerprint density at radius 3 is 2.33 bits per heavy atom. The van der Waals surface area contributed by atoms with Gasteiger partial charge in [0.05, 0.1) is 0 Å². The molecule has 0 amide bonds. The Kier molecular flexibility index (Phi) is 8.83. The largest absolute Gasteiger partial charge is 0.299 e. The first-order valence-electron chi connectivity index (χ1n) is 7.35. The molecule has 0 saturated heterocycles. The topological polar surface area (TPSA) is 17.1 Å². The molecular formula is C16H26OS. The average Bonchev–Trinajstić information content (AvgIpc) is 2.85. The number of carbonyl (C=O) groups excluding carboxylic acids is 1. The number of unbranched alkanes of at least 4 members (excludes halogenated alkanes) is 7. The maximum Gasteiger partial charge on any atom is 0.137 e. The predicted molar refractivity (Wildman–Crippen MR) is 80.3 cm³/mol. The highest BCUT2D eigenvalue weighted by atomic mass is 32.1. The van der Waals surface area contributed by atoms with Crippen molar-refractivity contribution in [3.63, 3.8) is 0 Å². The zero-order valence-electron chi connectivity index (χ0n) is 11.6. The molecule has 0 aliphatic heterocycles. The standard InChI is InChI=1S/C16H26OS/c1-2-3-4-5-6-7-8-9-10-16(17)13-15-11-12-18-14-15/h11-12,14H,2-10,13H2,1H3. The molecule has 102 valence electrons. The molecule has 18 heavy (non-hydrogen) atoms. The summed E-state index contributed by atoms with van der Waals surface area (Å²) in [5, 5.41) is 4.12. The van der Waals surface area contributed by atoms with E-state index in [1.807, 2.05) is 5.38 Å². The molecule has 0 radical (unpaired) electrons. The molecular weight excluding hydrogens is 240 g/mol. The van der Waals surface area contributed by atoms with Gasteiger partial charge in [-0.25, -0.2) is 0 Å². The molecule has 1 aromatic heterocycles. The number of hydrogen-bond acceptors (Lipinski definition) is 2. The number of rotatable bonds is 11. The number of thiophene rings is 1. The minimum absolute atomic E-state index is 0.402. The van der Waals surface area contributed by atoms with Gasteiger partial charge in [0, 0.05) is 12.8 Å². The summed E-state index contributed by atoms with van der Waals surface area (Å²) >= 11 is 1.67. The first kappa shape index (κ1) is 15.4. The van der Waals surface area contributed by atoms with Gasteiger partial charge in [-0.3, -0.25) is 4.79 Å². The summed E-state index contributed by atoms with van der Waals surface area (Å²) < 4.78 is 0. The van der Waals surface area contributed by atoms with Crippen LogP contribution in [0, 0.1) is 0 Å². The predicted octanol–water partition coefficient (Wildman–Crippen LogP) is 5.39. The molecule has 0 fully saturated rings. The molecule has 0 bridgehead atoms. The van der Waals surface area contributed by atoms with Crippen molar-refractivity contribution < 1.29 is 4.79 Å². The van der Waals surface area contributed by atoms with Crippen molar-refractivity contribution >= 4 is 17.1 Å². The number of ketones is 1. The summed E-state index contributed by atoms with van der Waals surface area (Å²) in [5.74, 6) is 0.402. The highest BCUT2D eigenvalue weighted by Gasteiger charge is 2.03. The SMILES string of the molecule is CCCCCCCCCCC(=O)Cc1ccsc1. The fraction of sp³-hybridized carbons (Fsp3) is 0.688. The maximum absolute atomic E-state index is 11.7. The lowest BCUT2D eigenvalue weighted by atomic mass is 10.0. The summed E-state index contributed by atoms with van der Waals surface area (Å²) in [5.41, 5.74) is 1.18. The molecule has 1 nitrogen and oxygen atoms in total.